The Morgan fingerprint density at radius 3 is 2.78 bits per heavy atom. The Balaban J connectivity index is 1.26. The van der Waals surface area contributed by atoms with Crippen molar-refractivity contribution in [3.63, 3.8) is 0 Å². The molecule has 2 bridgehead atoms. The number of nitrogens with one attached hydrogen (secondary N) is 1. The van der Waals surface area contributed by atoms with Gasteiger partial charge in [0.1, 0.15) is 35.2 Å². The molecule has 11 heteroatoms. The first kappa shape index (κ1) is 28.7. The number of ether oxygens (including phenoxy) is 1. The third-order valence-corrected chi connectivity index (χ3v) is 11.2. The van der Waals surface area contributed by atoms with E-state index in [1.165, 1.54) is 24.3 Å². The van der Waals surface area contributed by atoms with E-state index in [2.05, 4.69) is 37.3 Å². The molecule has 8 rings (SSSR count). The van der Waals surface area contributed by atoms with Crippen LogP contribution in [0.15, 0.2) is 30.5 Å². The summed E-state index contributed by atoms with van der Waals surface area (Å²) in [6.45, 7) is 4.00. The van der Waals surface area contributed by atoms with Gasteiger partial charge < -0.3 is 20.1 Å². The van der Waals surface area contributed by atoms with Gasteiger partial charge in [0.05, 0.1) is 16.5 Å². The fourth-order valence-electron chi connectivity index (χ4n) is 8.06. The van der Waals surface area contributed by atoms with E-state index in [1.54, 1.807) is 6.20 Å². The lowest BCUT2D eigenvalue weighted by molar-refractivity contribution is 0.108. The number of nitrogens with zero attached hydrogens (tertiary/aromatic N) is 5. The maximum absolute atomic E-state index is 16.8. The number of rotatable bonds is 6. The summed E-state index contributed by atoms with van der Waals surface area (Å²) in [5.74, 6) is 1.56. The minimum atomic E-state index is -0.706. The highest BCUT2D eigenvalue weighted by molar-refractivity contribution is 7.99. The number of terminal acetylenes is 1. The smallest absolute Gasteiger partial charge is 0.319 e. The first-order valence-corrected chi connectivity index (χ1v) is 16.8. The number of hydrogen-bond acceptors (Lipinski definition) is 9. The average Bonchev–Trinajstić information content (AvgIpc) is 3.71. The molecule has 4 aliphatic rings. The molecule has 4 atom stereocenters. The summed E-state index contributed by atoms with van der Waals surface area (Å²) in [5, 5.41) is 16.0. The Hall–Kier alpha value is -3.72. The number of halogens is 2. The lowest BCUT2D eigenvalue weighted by Gasteiger charge is -2.34. The van der Waals surface area contributed by atoms with Crippen LogP contribution in [-0.2, 0) is 0 Å². The number of phenols is 1. The lowest BCUT2D eigenvalue weighted by atomic mass is 9.95. The van der Waals surface area contributed by atoms with Gasteiger partial charge in [-0.25, -0.2) is 8.78 Å². The fraction of sp³-hybridized carbons (Fsp3) is 0.441. The van der Waals surface area contributed by atoms with E-state index in [1.807, 2.05) is 11.8 Å². The first-order valence-electron chi connectivity index (χ1n) is 15.6. The van der Waals surface area contributed by atoms with E-state index >= 15 is 4.39 Å². The van der Waals surface area contributed by atoms with Crippen LogP contribution in [0.5, 0.6) is 11.8 Å². The van der Waals surface area contributed by atoms with Crippen molar-refractivity contribution in [1.82, 2.24) is 25.2 Å². The number of anilines is 1. The third kappa shape index (κ3) is 4.77. The molecule has 6 heterocycles. The van der Waals surface area contributed by atoms with Crippen molar-refractivity contribution in [2.75, 3.05) is 43.9 Å². The molecule has 3 unspecified atom stereocenters. The maximum atomic E-state index is 16.8. The summed E-state index contributed by atoms with van der Waals surface area (Å²) >= 11 is 1.89. The number of aromatic nitrogens is 3. The highest BCUT2D eigenvalue weighted by atomic mass is 32.2. The van der Waals surface area contributed by atoms with Crippen LogP contribution in [0.2, 0.25) is 0 Å². The van der Waals surface area contributed by atoms with Gasteiger partial charge in [-0.3, -0.25) is 9.88 Å². The van der Waals surface area contributed by atoms with Crippen molar-refractivity contribution in [3.05, 3.63) is 47.7 Å². The van der Waals surface area contributed by atoms with Gasteiger partial charge in [-0.2, -0.15) is 21.7 Å². The molecule has 45 heavy (non-hydrogen) atoms. The molecule has 8 nitrogen and oxygen atoms in total. The predicted octanol–water partition coefficient (Wildman–Crippen LogP) is 5.10. The summed E-state index contributed by atoms with van der Waals surface area (Å²) in [7, 11) is 0. The number of thioether (sulfide) groups is 1. The highest BCUT2D eigenvalue weighted by Crippen LogP contribution is 2.43. The molecular formula is C34H34F2N6O2S. The van der Waals surface area contributed by atoms with Crippen molar-refractivity contribution in [1.29, 1.82) is 0 Å². The van der Waals surface area contributed by atoms with Crippen molar-refractivity contribution in [2.45, 2.75) is 55.0 Å². The van der Waals surface area contributed by atoms with Crippen LogP contribution in [0.25, 0.3) is 32.9 Å². The summed E-state index contributed by atoms with van der Waals surface area (Å²) in [6, 6.07) is 6.38. The Morgan fingerprint density at radius 1 is 1.18 bits per heavy atom. The van der Waals surface area contributed by atoms with E-state index in [-0.39, 0.29) is 39.6 Å². The van der Waals surface area contributed by atoms with Gasteiger partial charge in [-0.1, -0.05) is 12.0 Å². The minimum Gasteiger partial charge on any atom is -0.508 e. The van der Waals surface area contributed by atoms with E-state index in [9.17, 15) is 9.50 Å². The van der Waals surface area contributed by atoms with Crippen LogP contribution in [0, 0.1) is 24.0 Å². The van der Waals surface area contributed by atoms with Gasteiger partial charge in [0.15, 0.2) is 5.82 Å². The minimum absolute atomic E-state index is 0.0204. The van der Waals surface area contributed by atoms with Gasteiger partial charge in [0.25, 0.3) is 0 Å². The molecule has 2 N–H and O–H groups in total. The van der Waals surface area contributed by atoms with Crippen LogP contribution >= 0.6 is 11.8 Å². The standard InChI is InChI=1S/C34H34F2N6O2S/c1-3-24-27(35)8-5-19-11-22(43)12-25(28(19)24)30-29(36)31-26(14-37-30)32(41-15-20-6-7-21(16-41)38-20)40-33(39-31)44-18-34-9-4-10-42(34)17-23(13-34)45-2/h1,5,8,11-12,14,20-21,23,38,43H,4,6-7,9-10,13,15-18H2,2H3/t20?,21?,23-,34?/m0/s1. The molecule has 0 saturated carbocycles. The molecule has 4 aliphatic heterocycles. The zero-order chi connectivity index (χ0) is 30.9. The first-order chi connectivity index (χ1) is 21.9. The third-order valence-electron chi connectivity index (χ3n) is 10.2. The van der Waals surface area contributed by atoms with E-state index in [4.69, 9.17) is 16.1 Å². The van der Waals surface area contributed by atoms with Gasteiger partial charge in [0, 0.05) is 54.1 Å². The molecule has 4 aromatic rings. The SMILES string of the molecule is C#Cc1c(F)ccc2cc(O)cc(-c3ncc4c(N5CC6CCC(C5)N6)nc(OCC56CCCN5C[C@@H](SC)C6)nc4c3F)c12. The molecule has 4 fully saturated rings. The Morgan fingerprint density at radius 2 is 2.00 bits per heavy atom. The van der Waals surface area contributed by atoms with Crippen LogP contribution in [0.1, 0.15) is 37.7 Å². The summed E-state index contributed by atoms with van der Waals surface area (Å²) in [6.07, 6.45) is 14.8. The highest BCUT2D eigenvalue weighted by Gasteiger charge is 2.49. The number of benzene rings is 2. The summed E-state index contributed by atoms with van der Waals surface area (Å²) < 4.78 is 38.1. The maximum Gasteiger partial charge on any atom is 0.319 e. The zero-order valence-electron chi connectivity index (χ0n) is 25.0. The number of aromatic hydroxyl groups is 1. The predicted molar refractivity (Wildman–Crippen MR) is 173 cm³/mol. The van der Waals surface area contributed by atoms with Crippen molar-refractivity contribution < 1.29 is 18.6 Å². The summed E-state index contributed by atoms with van der Waals surface area (Å²) in [5.41, 5.74) is 0.0800. The fourth-order valence-corrected chi connectivity index (χ4v) is 8.87. The van der Waals surface area contributed by atoms with E-state index in [0.29, 0.717) is 45.9 Å². The Bertz CT molecular complexity index is 1870. The quantitative estimate of drug-likeness (QED) is 0.284. The second-order valence-corrected chi connectivity index (χ2v) is 14.0. The van der Waals surface area contributed by atoms with Crippen LogP contribution < -0.4 is 15.0 Å². The van der Waals surface area contributed by atoms with Crippen LogP contribution in [0.4, 0.5) is 14.6 Å². The lowest BCUT2D eigenvalue weighted by Crippen LogP contribution is -2.51. The molecule has 0 spiro atoms. The molecule has 0 amide bonds. The van der Waals surface area contributed by atoms with Crippen molar-refractivity contribution in [2.24, 2.45) is 0 Å². The van der Waals surface area contributed by atoms with Gasteiger partial charge in [-0.15, -0.1) is 6.42 Å². The van der Waals surface area contributed by atoms with Gasteiger partial charge in [-0.05, 0) is 68.5 Å². The summed E-state index contributed by atoms with van der Waals surface area (Å²) in [4.78, 5) is 18.8. The molecule has 2 aromatic carbocycles. The van der Waals surface area contributed by atoms with Crippen LogP contribution in [-0.4, -0.2) is 86.9 Å². The second-order valence-electron chi connectivity index (χ2n) is 12.8. The molecular weight excluding hydrogens is 594 g/mol. The topological polar surface area (TPSA) is 86.6 Å². The number of pyridine rings is 1. The average molecular weight is 629 g/mol. The number of phenolic OH excluding ortho intramolecular Hbond substituents is 1. The molecule has 0 aliphatic carbocycles. The molecule has 0 radical (unpaired) electrons. The second kappa shape index (κ2) is 11.0. The Labute approximate surface area is 264 Å². The molecule has 2 aromatic heterocycles. The van der Waals surface area contributed by atoms with Gasteiger partial charge in [0.2, 0.25) is 0 Å². The Kier molecular flexibility index (Phi) is 7.00. The van der Waals surface area contributed by atoms with E-state index in [0.717, 1.165) is 58.3 Å². The van der Waals surface area contributed by atoms with E-state index < -0.39 is 11.6 Å². The monoisotopic (exact) mass is 628 g/mol. The van der Waals surface area contributed by atoms with Crippen molar-refractivity contribution >= 4 is 39.3 Å². The molecule has 4 saturated heterocycles. The molecule has 232 valence electrons. The zero-order valence-corrected chi connectivity index (χ0v) is 25.8. The van der Waals surface area contributed by atoms with Crippen LogP contribution in [0.3, 0.4) is 0 Å². The normalized spacial score (nSPS) is 26.1. The largest absolute Gasteiger partial charge is 0.508 e. The number of hydrogen-bond donors (Lipinski definition) is 2. The number of fused-ring (bicyclic) bond motifs is 5. The van der Waals surface area contributed by atoms with Crippen molar-refractivity contribution in [3.8, 4) is 35.4 Å². The number of piperazine rings is 1. The van der Waals surface area contributed by atoms with Gasteiger partial charge >= 0.3 is 6.01 Å².